The SMILES string of the molecule is CC(CC(=O)N1CCC(O)(Cn2nc(-c3ccccc3)c(-c3ccccc3)cc2=O)CC1)c1ccccc1. The minimum absolute atomic E-state index is 0.0865. The van der Waals surface area contributed by atoms with Gasteiger partial charge in [-0.2, -0.15) is 5.10 Å². The molecule has 1 unspecified atom stereocenters. The fraction of sp³-hybridized carbons (Fsp3) is 0.281. The molecule has 194 valence electrons. The first-order chi connectivity index (χ1) is 18.4. The molecule has 1 N–H and O–H groups in total. The van der Waals surface area contributed by atoms with Crippen LogP contribution < -0.4 is 5.56 Å². The molecule has 2 heterocycles. The van der Waals surface area contributed by atoms with Gasteiger partial charge in [-0.05, 0) is 29.9 Å². The molecule has 0 aliphatic carbocycles. The van der Waals surface area contributed by atoms with E-state index < -0.39 is 5.60 Å². The fourth-order valence-electron chi connectivity index (χ4n) is 5.15. The molecular formula is C32H33N3O3. The molecule has 1 fully saturated rings. The average Bonchev–Trinajstić information content (AvgIpc) is 2.95. The Morgan fingerprint density at radius 1 is 0.895 bits per heavy atom. The molecule has 1 aromatic heterocycles. The molecule has 1 aliphatic rings. The maximum atomic E-state index is 13.2. The van der Waals surface area contributed by atoms with Gasteiger partial charge >= 0.3 is 0 Å². The summed E-state index contributed by atoms with van der Waals surface area (Å²) >= 11 is 0. The molecule has 1 saturated heterocycles. The number of hydrogen-bond donors (Lipinski definition) is 1. The zero-order valence-electron chi connectivity index (χ0n) is 21.7. The third kappa shape index (κ3) is 5.76. The Morgan fingerprint density at radius 2 is 1.45 bits per heavy atom. The van der Waals surface area contributed by atoms with Crippen LogP contribution in [0.15, 0.2) is 102 Å². The van der Waals surface area contributed by atoms with Crippen molar-refractivity contribution < 1.29 is 9.90 Å². The lowest BCUT2D eigenvalue weighted by molar-refractivity contribution is -0.136. The highest BCUT2D eigenvalue weighted by atomic mass is 16.3. The summed E-state index contributed by atoms with van der Waals surface area (Å²) in [5.41, 5.74) is 3.06. The van der Waals surface area contributed by atoms with Crippen molar-refractivity contribution in [3.63, 3.8) is 0 Å². The van der Waals surface area contributed by atoms with Crippen molar-refractivity contribution >= 4 is 5.91 Å². The Labute approximate surface area is 223 Å². The molecule has 38 heavy (non-hydrogen) atoms. The van der Waals surface area contributed by atoms with Crippen molar-refractivity contribution in [2.75, 3.05) is 13.1 Å². The second-order valence-corrected chi connectivity index (χ2v) is 10.3. The topological polar surface area (TPSA) is 75.4 Å². The van der Waals surface area contributed by atoms with Gasteiger partial charge in [0.1, 0.15) is 0 Å². The van der Waals surface area contributed by atoms with Crippen molar-refractivity contribution in [3.05, 3.63) is 113 Å². The van der Waals surface area contributed by atoms with Crippen molar-refractivity contribution in [2.45, 2.75) is 44.2 Å². The number of rotatable bonds is 7. The molecule has 0 radical (unpaired) electrons. The van der Waals surface area contributed by atoms with E-state index in [4.69, 9.17) is 5.10 Å². The standard InChI is InChI=1S/C32H33N3O3/c1-24(25-11-5-2-6-12-25)21-29(36)34-19-17-32(38,18-20-34)23-35-30(37)22-28(26-13-7-3-8-14-26)31(33-35)27-15-9-4-10-16-27/h2-16,22,24,38H,17-21,23H2,1H3. The van der Waals surface area contributed by atoms with Gasteiger partial charge in [-0.15, -0.1) is 0 Å². The molecule has 0 saturated carbocycles. The first kappa shape index (κ1) is 25.6. The number of aliphatic hydroxyl groups is 1. The summed E-state index contributed by atoms with van der Waals surface area (Å²) in [5, 5.41) is 16.2. The number of carbonyl (C=O) groups is 1. The highest BCUT2D eigenvalue weighted by Gasteiger charge is 2.35. The second kappa shape index (κ2) is 11.2. The Morgan fingerprint density at radius 3 is 2.05 bits per heavy atom. The van der Waals surface area contributed by atoms with Gasteiger partial charge in [0.25, 0.3) is 5.56 Å². The van der Waals surface area contributed by atoms with Crippen LogP contribution >= 0.6 is 0 Å². The summed E-state index contributed by atoms with van der Waals surface area (Å²) in [6.07, 6.45) is 1.23. The van der Waals surface area contributed by atoms with Gasteiger partial charge in [0.15, 0.2) is 0 Å². The van der Waals surface area contributed by atoms with Crippen LogP contribution in [0.2, 0.25) is 0 Å². The Bertz CT molecular complexity index is 1430. The molecule has 1 atom stereocenters. The summed E-state index contributed by atoms with van der Waals surface area (Å²) in [7, 11) is 0. The number of piperidine rings is 1. The Balaban J connectivity index is 1.32. The van der Waals surface area contributed by atoms with E-state index in [-0.39, 0.29) is 23.9 Å². The number of hydrogen-bond acceptors (Lipinski definition) is 4. The maximum absolute atomic E-state index is 13.2. The minimum atomic E-state index is -1.11. The van der Waals surface area contributed by atoms with Gasteiger partial charge in [-0.1, -0.05) is 97.9 Å². The normalized spacial score (nSPS) is 15.7. The highest BCUT2D eigenvalue weighted by Crippen LogP contribution is 2.30. The van der Waals surface area contributed by atoms with Gasteiger partial charge in [0.05, 0.1) is 17.8 Å². The van der Waals surface area contributed by atoms with Gasteiger partial charge in [-0.25, -0.2) is 4.68 Å². The summed E-state index contributed by atoms with van der Waals surface area (Å²) < 4.78 is 1.38. The summed E-state index contributed by atoms with van der Waals surface area (Å²) in [4.78, 5) is 28.0. The van der Waals surface area contributed by atoms with E-state index in [2.05, 4.69) is 6.92 Å². The third-order valence-corrected chi connectivity index (χ3v) is 7.47. The van der Waals surface area contributed by atoms with Crippen LogP contribution in [0.4, 0.5) is 0 Å². The van der Waals surface area contributed by atoms with Gasteiger partial charge in [0, 0.05) is 36.7 Å². The van der Waals surface area contributed by atoms with E-state index in [0.29, 0.717) is 38.0 Å². The molecule has 5 rings (SSSR count). The van der Waals surface area contributed by atoms with E-state index in [1.54, 1.807) is 6.07 Å². The van der Waals surface area contributed by atoms with Crippen molar-refractivity contribution in [2.24, 2.45) is 0 Å². The Hall–Kier alpha value is -4.03. The van der Waals surface area contributed by atoms with Gasteiger partial charge < -0.3 is 10.0 Å². The first-order valence-electron chi connectivity index (χ1n) is 13.2. The second-order valence-electron chi connectivity index (χ2n) is 10.3. The average molecular weight is 508 g/mol. The van der Waals surface area contributed by atoms with E-state index >= 15 is 0 Å². The molecule has 1 aliphatic heterocycles. The molecule has 6 nitrogen and oxygen atoms in total. The van der Waals surface area contributed by atoms with E-state index in [1.165, 1.54) is 4.68 Å². The quantitative estimate of drug-likeness (QED) is 0.377. The van der Waals surface area contributed by atoms with Crippen LogP contribution in [-0.2, 0) is 11.3 Å². The predicted molar refractivity (Wildman–Crippen MR) is 150 cm³/mol. The number of benzene rings is 3. The molecular weight excluding hydrogens is 474 g/mol. The lowest BCUT2D eigenvalue weighted by Crippen LogP contribution is -2.50. The van der Waals surface area contributed by atoms with E-state index in [0.717, 1.165) is 22.3 Å². The first-order valence-corrected chi connectivity index (χ1v) is 13.2. The number of amides is 1. The predicted octanol–water partition coefficient (Wildman–Crippen LogP) is 5.12. The molecule has 1 amide bonds. The van der Waals surface area contributed by atoms with Crippen LogP contribution in [0.5, 0.6) is 0 Å². The monoisotopic (exact) mass is 507 g/mol. The molecule has 3 aromatic carbocycles. The zero-order valence-corrected chi connectivity index (χ0v) is 21.7. The molecule has 0 spiro atoms. The number of nitrogens with zero attached hydrogens (tertiary/aromatic N) is 3. The molecule has 0 bridgehead atoms. The Kier molecular flexibility index (Phi) is 7.52. The van der Waals surface area contributed by atoms with E-state index in [1.807, 2.05) is 95.9 Å². The van der Waals surface area contributed by atoms with Crippen LogP contribution in [0, 0.1) is 0 Å². The largest absolute Gasteiger partial charge is 0.388 e. The van der Waals surface area contributed by atoms with E-state index in [9.17, 15) is 14.7 Å². The maximum Gasteiger partial charge on any atom is 0.267 e. The molecule has 4 aromatic rings. The summed E-state index contributed by atoms with van der Waals surface area (Å²) in [5.74, 6) is 0.226. The van der Waals surface area contributed by atoms with Crippen LogP contribution in [0.25, 0.3) is 22.4 Å². The smallest absolute Gasteiger partial charge is 0.267 e. The minimum Gasteiger partial charge on any atom is -0.388 e. The summed E-state index contributed by atoms with van der Waals surface area (Å²) in [6.45, 7) is 3.07. The third-order valence-electron chi connectivity index (χ3n) is 7.47. The lowest BCUT2D eigenvalue weighted by atomic mass is 9.90. The lowest BCUT2D eigenvalue weighted by Gasteiger charge is -2.38. The van der Waals surface area contributed by atoms with Crippen LogP contribution in [0.3, 0.4) is 0 Å². The number of likely N-dealkylation sites (tertiary alicyclic amines) is 1. The van der Waals surface area contributed by atoms with Crippen LogP contribution in [-0.4, -0.2) is 44.4 Å². The highest BCUT2D eigenvalue weighted by molar-refractivity contribution is 5.80. The van der Waals surface area contributed by atoms with Crippen molar-refractivity contribution in [1.82, 2.24) is 14.7 Å². The number of aromatic nitrogens is 2. The summed E-state index contributed by atoms with van der Waals surface area (Å²) in [6, 6.07) is 31.2. The fourth-order valence-corrected chi connectivity index (χ4v) is 5.15. The van der Waals surface area contributed by atoms with Crippen molar-refractivity contribution in [1.29, 1.82) is 0 Å². The van der Waals surface area contributed by atoms with Crippen molar-refractivity contribution in [3.8, 4) is 22.4 Å². The number of carbonyl (C=O) groups excluding carboxylic acids is 1. The zero-order chi connectivity index (χ0) is 26.5. The van der Waals surface area contributed by atoms with Crippen LogP contribution in [0.1, 0.15) is 37.7 Å². The van der Waals surface area contributed by atoms with Gasteiger partial charge in [-0.3, -0.25) is 9.59 Å². The van der Waals surface area contributed by atoms with Gasteiger partial charge in [0.2, 0.25) is 5.91 Å². The molecule has 6 heteroatoms.